The number of carboxylic acid groups (broad SMARTS) is 1. The largest absolute Gasteiger partial charge is 0.494 e. The van der Waals surface area contributed by atoms with E-state index in [1.807, 2.05) is 0 Å². The summed E-state index contributed by atoms with van der Waals surface area (Å²) in [6.07, 6.45) is 1.78. The molecule has 1 aromatic rings. The molecule has 1 amide bonds. The number of hydrogen-bond donors (Lipinski definition) is 2. The van der Waals surface area contributed by atoms with Crippen molar-refractivity contribution in [2.75, 3.05) is 12.9 Å². The number of thioether (sulfide) groups is 1. The first-order chi connectivity index (χ1) is 10.5. The molecule has 3 rings (SSSR count). The van der Waals surface area contributed by atoms with Crippen LogP contribution in [-0.2, 0) is 5.54 Å². The number of ether oxygens (including phenoxy) is 1. The molecule has 1 aliphatic heterocycles. The molecule has 2 atom stereocenters. The Labute approximate surface area is 132 Å². The average molecular weight is 324 g/mol. The van der Waals surface area contributed by atoms with Gasteiger partial charge in [0.05, 0.1) is 12.6 Å². The van der Waals surface area contributed by atoms with Gasteiger partial charge in [-0.2, -0.15) is 0 Å². The standard InChI is InChI=1S/C15H17FN2O3S/c1-21-12-7-9(4-5-11(12)16)15-6-2-3-10(15)8-22-13(18-15)17-14(19)20/h4-5,7,10H,2-3,6,8H2,1H3,(H,17,18)(H,19,20)/t10?,15-/m1/s1. The van der Waals surface area contributed by atoms with Crippen LogP contribution in [0.5, 0.6) is 5.75 Å². The predicted molar refractivity (Wildman–Crippen MR) is 83.0 cm³/mol. The SMILES string of the molecule is COc1cc([C@]23CCCC2CSC(NC(=O)O)=N3)ccc1F. The molecule has 2 N–H and O–H groups in total. The lowest BCUT2D eigenvalue weighted by atomic mass is 9.81. The molecular weight excluding hydrogens is 307 g/mol. The minimum absolute atomic E-state index is 0.193. The molecule has 1 saturated carbocycles. The van der Waals surface area contributed by atoms with Crippen molar-refractivity contribution in [3.63, 3.8) is 0 Å². The van der Waals surface area contributed by atoms with Gasteiger partial charge in [0.1, 0.15) is 0 Å². The molecule has 1 fully saturated rings. The van der Waals surface area contributed by atoms with E-state index >= 15 is 0 Å². The lowest BCUT2D eigenvalue weighted by Gasteiger charge is -2.36. The zero-order valence-electron chi connectivity index (χ0n) is 12.1. The van der Waals surface area contributed by atoms with Crippen molar-refractivity contribution in [3.05, 3.63) is 29.6 Å². The van der Waals surface area contributed by atoms with Crippen LogP contribution in [0.1, 0.15) is 24.8 Å². The van der Waals surface area contributed by atoms with Crippen LogP contribution < -0.4 is 10.1 Å². The fourth-order valence-electron chi connectivity index (χ4n) is 3.35. The molecule has 5 nitrogen and oxygen atoms in total. The summed E-state index contributed by atoms with van der Waals surface area (Å²) >= 11 is 1.43. The van der Waals surface area contributed by atoms with Crippen LogP contribution in [0.25, 0.3) is 0 Å². The quantitative estimate of drug-likeness (QED) is 0.876. The zero-order valence-corrected chi connectivity index (χ0v) is 13.0. The summed E-state index contributed by atoms with van der Waals surface area (Å²) in [4.78, 5) is 15.6. The van der Waals surface area contributed by atoms with Crippen LogP contribution in [0.4, 0.5) is 9.18 Å². The number of amidine groups is 1. The highest BCUT2D eigenvalue weighted by Gasteiger charge is 2.47. The molecule has 1 aromatic carbocycles. The van der Waals surface area contributed by atoms with Gasteiger partial charge in [0.2, 0.25) is 0 Å². The molecule has 7 heteroatoms. The second-order valence-corrected chi connectivity index (χ2v) is 6.53. The number of aliphatic imine (C=N–C) groups is 1. The molecule has 1 heterocycles. The molecule has 0 bridgehead atoms. The van der Waals surface area contributed by atoms with E-state index in [1.165, 1.54) is 24.9 Å². The lowest BCUT2D eigenvalue weighted by molar-refractivity contribution is 0.200. The third-order valence-electron chi connectivity index (χ3n) is 4.37. The van der Waals surface area contributed by atoms with E-state index in [2.05, 4.69) is 5.32 Å². The summed E-state index contributed by atoms with van der Waals surface area (Å²) in [6.45, 7) is 0. The Kier molecular flexibility index (Phi) is 3.99. The van der Waals surface area contributed by atoms with Gasteiger partial charge in [0.15, 0.2) is 16.7 Å². The Morgan fingerprint density at radius 2 is 2.41 bits per heavy atom. The van der Waals surface area contributed by atoms with Crippen LogP contribution >= 0.6 is 11.8 Å². The molecular formula is C15H17FN2O3S. The van der Waals surface area contributed by atoms with Gasteiger partial charge in [-0.3, -0.25) is 10.3 Å². The van der Waals surface area contributed by atoms with Gasteiger partial charge in [-0.15, -0.1) is 0 Å². The van der Waals surface area contributed by atoms with E-state index in [1.54, 1.807) is 12.1 Å². The maximum absolute atomic E-state index is 13.7. The number of methoxy groups -OCH3 is 1. The van der Waals surface area contributed by atoms with Crippen molar-refractivity contribution in [3.8, 4) is 5.75 Å². The van der Waals surface area contributed by atoms with Crippen molar-refractivity contribution in [2.24, 2.45) is 10.9 Å². The fourth-order valence-corrected chi connectivity index (χ4v) is 4.54. The number of benzene rings is 1. The Bertz CT molecular complexity index is 637. The van der Waals surface area contributed by atoms with Crippen LogP contribution in [0, 0.1) is 11.7 Å². The van der Waals surface area contributed by atoms with Crippen LogP contribution in [0.3, 0.4) is 0 Å². The van der Waals surface area contributed by atoms with Crippen molar-refractivity contribution in [1.29, 1.82) is 0 Å². The minimum Gasteiger partial charge on any atom is -0.494 e. The monoisotopic (exact) mass is 324 g/mol. The first kappa shape index (κ1) is 15.1. The van der Waals surface area contributed by atoms with E-state index in [-0.39, 0.29) is 5.75 Å². The third-order valence-corrected chi connectivity index (χ3v) is 5.41. The summed E-state index contributed by atoms with van der Waals surface area (Å²) in [5.41, 5.74) is 0.405. The van der Waals surface area contributed by atoms with Crippen LogP contribution in [0.15, 0.2) is 23.2 Å². The van der Waals surface area contributed by atoms with Crippen molar-refractivity contribution >= 4 is 23.0 Å². The zero-order chi connectivity index (χ0) is 15.7. The molecule has 22 heavy (non-hydrogen) atoms. The Morgan fingerprint density at radius 1 is 1.59 bits per heavy atom. The summed E-state index contributed by atoms with van der Waals surface area (Å²) in [7, 11) is 1.43. The Morgan fingerprint density at radius 3 is 3.14 bits per heavy atom. The van der Waals surface area contributed by atoms with Gasteiger partial charge in [-0.05, 0) is 36.5 Å². The van der Waals surface area contributed by atoms with E-state index in [0.29, 0.717) is 11.1 Å². The van der Waals surface area contributed by atoms with Crippen molar-refractivity contribution in [2.45, 2.75) is 24.8 Å². The van der Waals surface area contributed by atoms with E-state index in [0.717, 1.165) is 30.6 Å². The number of halogens is 1. The van der Waals surface area contributed by atoms with Crippen LogP contribution in [-0.4, -0.2) is 29.2 Å². The molecule has 2 aliphatic rings. The average Bonchev–Trinajstić information content (AvgIpc) is 2.91. The molecule has 0 radical (unpaired) electrons. The summed E-state index contributed by atoms with van der Waals surface area (Å²) in [5, 5.41) is 11.7. The summed E-state index contributed by atoms with van der Waals surface area (Å²) in [5.74, 6) is 0.916. The highest BCUT2D eigenvalue weighted by atomic mass is 32.2. The number of carbonyl (C=O) groups is 1. The number of nitrogens with one attached hydrogen (secondary N) is 1. The van der Waals surface area contributed by atoms with Crippen molar-refractivity contribution in [1.82, 2.24) is 5.32 Å². The third kappa shape index (κ3) is 2.54. The normalized spacial score (nSPS) is 27.0. The minimum atomic E-state index is -1.12. The Hall–Kier alpha value is -1.76. The van der Waals surface area contributed by atoms with Gasteiger partial charge >= 0.3 is 6.09 Å². The molecule has 0 saturated heterocycles. The van der Waals surface area contributed by atoms with E-state index in [4.69, 9.17) is 14.8 Å². The fraction of sp³-hybridized carbons (Fsp3) is 0.467. The number of amides is 1. The molecule has 118 valence electrons. The van der Waals surface area contributed by atoms with Gasteiger partial charge < -0.3 is 9.84 Å². The molecule has 0 aromatic heterocycles. The smallest absolute Gasteiger partial charge is 0.410 e. The highest BCUT2D eigenvalue weighted by molar-refractivity contribution is 8.13. The first-order valence-corrected chi connectivity index (χ1v) is 8.10. The van der Waals surface area contributed by atoms with Crippen molar-refractivity contribution < 1.29 is 19.0 Å². The topological polar surface area (TPSA) is 70.9 Å². The molecule has 1 unspecified atom stereocenters. The van der Waals surface area contributed by atoms with Gasteiger partial charge in [-0.25, -0.2) is 9.18 Å². The first-order valence-electron chi connectivity index (χ1n) is 7.12. The van der Waals surface area contributed by atoms with Gasteiger partial charge in [-0.1, -0.05) is 24.2 Å². The van der Waals surface area contributed by atoms with Crippen LogP contribution in [0.2, 0.25) is 0 Å². The number of nitrogens with zero attached hydrogens (tertiary/aromatic N) is 1. The Balaban J connectivity index is 2.05. The predicted octanol–water partition coefficient (Wildman–Crippen LogP) is 3.20. The lowest BCUT2D eigenvalue weighted by Crippen LogP contribution is -2.39. The maximum Gasteiger partial charge on any atom is 0.410 e. The maximum atomic E-state index is 13.7. The number of rotatable bonds is 2. The van der Waals surface area contributed by atoms with E-state index < -0.39 is 17.4 Å². The van der Waals surface area contributed by atoms with Gasteiger partial charge in [0, 0.05) is 5.75 Å². The summed E-state index contributed by atoms with van der Waals surface area (Å²) in [6, 6.07) is 4.80. The van der Waals surface area contributed by atoms with E-state index in [9.17, 15) is 9.18 Å². The molecule has 0 spiro atoms. The number of hydrogen-bond acceptors (Lipinski definition) is 4. The summed E-state index contributed by atoms with van der Waals surface area (Å²) < 4.78 is 18.7. The number of fused-ring (bicyclic) bond motifs is 1. The highest BCUT2D eigenvalue weighted by Crippen LogP contribution is 2.51. The molecule has 1 aliphatic carbocycles. The van der Waals surface area contributed by atoms with Gasteiger partial charge in [0.25, 0.3) is 0 Å². The second-order valence-electron chi connectivity index (χ2n) is 5.52. The second kappa shape index (κ2) is 5.79.